The van der Waals surface area contributed by atoms with Gasteiger partial charge in [-0.2, -0.15) is 0 Å². The van der Waals surface area contributed by atoms with E-state index in [1.54, 1.807) is 7.11 Å². The van der Waals surface area contributed by atoms with E-state index in [1.807, 2.05) is 0 Å². The molecular formula is C15H29N3O2. The van der Waals surface area contributed by atoms with Gasteiger partial charge in [0.1, 0.15) is 0 Å². The Hall–Kier alpha value is -0.650. The lowest BCUT2D eigenvalue weighted by atomic mass is 9.98. The number of nitrogens with zero attached hydrogens (tertiary/aromatic N) is 1. The lowest BCUT2D eigenvalue weighted by molar-refractivity contribution is -0.0484. The Labute approximate surface area is 122 Å². The Morgan fingerprint density at radius 1 is 1.35 bits per heavy atom. The fourth-order valence-electron chi connectivity index (χ4n) is 3.49. The predicted octanol–water partition coefficient (Wildman–Crippen LogP) is 1.75. The minimum atomic E-state index is 0.207. The molecule has 1 saturated carbocycles. The van der Waals surface area contributed by atoms with Gasteiger partial charge in [0.05, 0.1) is 24.1 Å². The van der Waals surface area contributed by atoms with Crippen molar-refractivity contribution in [3.8, 4) is 0 Å². The Balaban J connectivity index is 1.79. The Morgan fingerprint density at radius 2 is 2.10 bits per heavy atom. The van der Waals surface area contributed by atoms with Crippen LogP contribution < -0.4 is 5.73 Å². The molecule has 0 aromatic rings. The molecule has 3 N–H and O–H groups in total. The van der Waals surface area contributed by atoms with E-state index in [1.165, 1.54) is 38.5 Å². The minimum Gasteiger partial charge on any atom is -0.388 e. The number of amidine groups is 1. The molecule has 20 heavy (non-hydrogen) atoms. The summed E-state index contributed by atoms with van der Waals surface area (Å²) in [6.07, 6.45) is 8.50. The maximum absolute atomic E-state index is 7.37. The van der Waals surface area contributed by atoms with Crippen molar-refractivity contribution in [2.24, 2.45) is 5.73 Å². The van der Waals surface area contributed by atoms with Gasteiger partial charge in [-0.25, -0.2) is 0 Å². The third kappa shape index (κ3) is 4.43. The Morgan fingerprint density at radius 3 is 2.75 bits per heavy atom. The van der Waals surface area contributed by atoms with E-state index in [-0.39, 0.29) is 11.4 Å². The fraction of sp³-hybridized carbons (Fsp3) is 0.933. The van der Waals surface area contributed by atoms with E-state index in [0.717, 1.165) is 26.2 Å². The average Bonchev–Trinajstić information content (AvgIpc) is 3.03. The molecule has 1 saturated heterocycles. The molecule has 0 amide bonds. The van der Waals surface area contributed by atoms with Crippen molar-refractivity contribution in [2.75, 3.05) is 33.4 Å². The van der Waals surface area contributed by atoms with Gasteiger partial charge in [-0.15, -0.1) is 0 Å². The maximum Gasteiger partial charge on any atom is 0.0918 e. The van der Waals surface area contributed by atoms with Crippen LogP contribution in [0, 0.1) is 5.41 Å². The summed E-state index contributed by atoms with van der Waals surface area (Å²) >= 11 is 0. The van der Waals surface area contributed by atoms with Crippen molar-refractivity contribution in [1.82, 2.24) is 4.90 Å². The lowest BCUT2D eigenvalue weighted by Crippen LogP contribution is -2.38. The van der Waals surface area contributed by atoms with Crippen LogP contribution in [-0.4, -0.2) is 55.8 Å². The SMILES string of the molecule is COCCN(CCC(=N)N)CC1CCC2(CCCC2)O1. The van der Waals surface area contributed by atoms with Gasteiger partial charge < -0.3 is 15.2 Å². The highest BCUT2D eigenvalue weighted by molar-refractivity contribution is 5.76. The van der Waals surface area contributed by atoms with Crippen molar-refractivity contribution < 1.29 is 9.47 Å². The third-order valence-corrected chi connectivity index (χ3v) is 4.62. The first-order valence-corrected chi connectivity index (χ1v) is 7.85. The molecule has 2 rings (SSSR count). The molecule has 5 heteroatoms. The van der Waals surface area contributed by atoms with Gasteiger partial charge in [0.15, 0.2) is 0 Å². The van der Waals surface area contributed by atoms with Crippen molar-refractivity contribution in [3.63, 3.8) is 0 Å². The summed E-state index contributed by atoms with van der Waals surface area (Å²) in [5.74, 6) is 0.257. The molecule has 1 atom stereocenters. The van der Waals surface area contributed by atoms with E-state index in [4.69, 9.17) is 20.6 Å². The zero-order valence-electron chi connectivity index (χ0n) is 12.7. The second-order valence-electron chi connectivity index (χ2n) is 6.24. The third-order valence-electron chi connectivity index (χ3n) is 4.62. The quantitative estimate of drug-likeness (QED) is 0.526. The number of nitrogens with two attached hydrogens (primary N) is 1. The van der Waals surface area contributed by atoms with E-state index in [0.29, 0.717) is 12.5 Å². The topological polar surface area (TPSA) is 71.6 Å². The molecule has 2 aliphatic rings. The summed E-state index contributed by atoms with van der Waals surface area (Å²) in [5, 5.41) is 7.37. The molecule has 1 aliphatic carbocycles. The summed E-state index contributed by atoms with van der Waals surface area (Å²) in [4.78, 5) is 2.32. The van der Waals surface area contributed by atoms with Crippen molar-refractivity contribution >= 4 is 5.84 Å². The zero-order chi connectivity index (χ0) is 14.4. The largest absolute Gasteiger partial charge is 0.388 e. The summed E-state index contributed by atoms with van der Waals surface area (Å²) in [7, 11) is 1.72. The van der Waals surface area contributed by atoms with E-state index in [2.05, 4.69) is 4.90 Å². The van der Waals surface area contributed by atoms with Crippen molar-refractivity contribution in [1.29, 1.82) is 5.41 Å². The molecule has 5 nitrogen and oxygen atoms in total. The van der Waals surface area contributed by atoms with Gasteiger partial charge >= 0.3 is 0 Å². The summed E-state index contributed by atoms with van der Waals surface area (Å²) in [6, 6.07) is 0. The van der Waals surface area contributed by atoms with Crippen molar-refractivity contribution in [2.45, 2.75) is 56.7 Å². The van der Waals surface area contributed by atoms with Crippen LogP contribution in [0.3, 0.4) is 0 Å². The van der Waals surface area contributed by atoms with Crippen LogP contribution in [-0.2, 0) is 9.47 Å². The molecule has 1 heterocycles. The molecular weight excluding hydrogens is 254 g/mol. The number of hydrogen-bond donors (Lipinski definition) is 2. The highest BCUT2D eigenvalue weighted by Gasteiger charge is 2.42. The van der Waals surface area contributed by atoms with Crippen LogP contribution >= 0.6 is 0 Å². The number of ether oxygens (including phenoxy) is 2. The Bertz CT molecular complexity index is 316. The second-order valence-corrected chi connectivity index (χ2v) is 6.24. The number of nitrogens with one attached hydrogen (secondary N) is 1. The molecule has 0 radical (unpaired) electrons. The molecule has 0 aromatic carbocycles. The first-order chi connectivity index (χ1) is 9.63. The monoisotopic (exact) mass is 283 g/mol. The highest BCUT2D eigenvalue weighted by Crippen LogP contribution is 2.43. The maximum atomic E-state index is 7.37. The highest BCUT2D eigenvalue weighted by atomic mass is 16.5. The van der Waals surface area contributed by atoms with Crippen LogP contribution in [0.5, 0.6) is 0 Å². The van der Waals surface area contributed by atoms with Crippen LogP contribution in [0.2, 0.25) is 0 Å². The average molecular weight is 283 g/mol. The second kappa shape index (κ2) is 7.38. The number of rotatable bonds is 8. The van der Waals surface area contributed by atoms with Gasteiger partial charge in [0.25, 0.3) is 0 Å². The van der Waals surface area contributed by atoms with Gasteiger partial charge in [-0.05, 0) is 25.7 Å². The van der Waals surface area contributed by atoms with Crippen LogP contribution in [0.4, 0.5) is 0 Å². The van der Waals surface area contributed by atoms with E-state index >= 15 is 0 Å². The van der Waals surface area contributed by atoms with Gasteiger partial charge in [-0.3, -0.25) is 10.3 Å². The molecule has 1 spiro atoms. The Kier molecular flexibility index (Phi) is 5.81. The number of methoxy groups -OCH3 is 1. The summed E-state index contributed by atoms with van der Waals surface area (Å²) < 4.78 is 11.5. The molecule has 2 fully saturated rings. The normalized spacial score (nSPS) is 24.8. The lowest BCUT2D eigenvalue weighted by Gasteiger charge is -2.28. The zero-order valence-corrected chi connectivity index (χ0v) is 12.7. The van der Waals surface area contributed by atoms with Gasteiger partial charge in [0, 0.05) is 33.2 Å². The fourth-order valence-corrected chi connectivity index (χ4v) is 3.49. The van der Waals surface area contributed by atoms with Gasteiger partial charge in [-0.1, -0.05) is 12.8 Å². The van der Waals surface area contributed by atoms with Crippen LogP contribution in [0.1, 0.15) is 44.9 Å². The smallest absolute Gasteiger partial charge is 0.0918 e. The summed E-state index contributed by atoms with van der Waals surface area (Å²) in [5.41, 5.74) is 5.67. The first kappa shape index (κ1) is 15.7. The molecule has 1 unspecified atom stereocenters. The van der Waals surface area contributed by atoms with Crippen molar-refractivity contribution in [3.05, 3.63) is 0 Å². The standard InChI is InChI=1S/C15H29N3O2/c1-19-11-10-18(9-5-14(16)17)12-13-4-8-15(20-13)6-2-3-7-15/h13H,2-12H2,1H3,(H3,16,17). The minimum absolute atomic E-state index is 0.207. The molecule has 0 bridgehead atoms. The van der Waals surface area contributed by atoms with Crippen LogP contribution in [0.25, 0.3) is 0 Å². The number of hydrogen-bond acceptors (Lipinski definition) is 4. The molecule has 116 valence electrons. The molecule has 0 aromatic heterocycles. The predicted molar refractivity (Wildman–Crippen MR) is 80.2 cm³/mol. The first-order valence-electron chi connectivity index (χ1n) is 7.85. The molecule has 1 aliphatic heterocycles. The summed E-state index contributed by atoms with van der Waals surface area (Å²) in [6.45, 7) is 3.37. The van der Waals surface area contributed by atoms with Crippen LogP contribution in [0.15, 0.2) is 0 Å². The van der Waals surface area contributed by atoms with E-state index in [9.17, 15) is 0 Å². The van der Waals surface area contributed by atoms with Gasteiger partial charge in [0.2, 0.25) is 0 Å². The van der Waals surface area contributed by atoms with E-state index < -0.39 is 0 Å².